The molecule has 4 rings (SSSR count). The van der Waals surface area contributed by atoms with E-state index >= 15 is 0 Å². The van der Waals surface area contributed by atoms with Crippen LogP contribution in [0, 0.1) is 6.92 Å². The fourth-order valence-electron chi connectivity index (χ4n) is 4.07. The normalized spacial score (nSPS) is 21.1. The van der Waals surface area contributed by atoms with Gasteiger partial charge in [0.15, 0.2) is 0 Å². The molecule has 0 aliphatic carbocycles. The Balaban J connectivity index is 1.21. The Bertz CT molecular complexity index is 1050. The van der Waals surface area contributed by atoms with Crippen molar-refractivity contribution in [3.8, 4) is 5.75 Å². The smallest absolute Gasteiger partial charge is 0.417 e. The van der Waals surface area contributed by atoms with Gasteiger partial charge in [0.05, 0.1) is 36.0 Å². The average Bonchev–Trinajstić information content (AvgIpc) is 3.27. The molecule has 2 fully saturated rings. The number of alkyl halides is 3. The number of aromatic nitrogens is 3. The van der Waals surface area contributed by atoms with Crippen molar-refractivity contribution >= 4 is 11.7 Å². The van der Waals surface area contributed by atoms with E-state index in [1.54, 1.807) is 11.8 Å². The molecule has 2 aliphatic rings. The molecular weight excluding hydrogens is 455 g/mol. The minimum absolute atomic E-state index is 0.0127. The van der Waals surface area contributed by atoms with Crippen LogP contribution in [0.2, 0.25) is 0 Å². The number of hydrogen-bond donors (Lipinski definition) is 1. The highest BCUT2D eigenvalue weighted by molar-refractivity contribution is 5.77. The van der Waals surface area contributed by atoms with Crippen LogP contribution >= 0.6 is 0 Å². The van der Waals surface area contributed by atoms with Crippen molar-refractivity contribution in [3.05, 3.63) is 46.0 Å². The Morgan fingerprint density at radius 3 is 2.59 bits per heavy atom. The van der Waals surface area contributed by atoms with Gasteiger partial charge >= 0.3 is 6.18 Å². The van der Waals surface area contributed by atoms with Gasteiger partial charge in [-0.3, -0.25) is 9.59 Å². The number of hydrogen-bond acceptors (Lipinski definition) is 7. The number of aromatic amines is 1. The Labute approximate surface area is 193 Å². The number of halogens is 3. The number of amides is 1. The molecule has 2 aromatic rings. The average molecular weight is 481 g/mol. The van der Waals surface area contributed by atoms with Crippen LogP contribution in [0.5, 0.6) is 5.75 Å². The summed E-state index contributed by atoms with van der Waals surface area (Å²) in [6, 6.07) is 2.38. The van der Waals surface area contributed by atoms with E-state index in [0.717, 1.165) is 25.1 Å². The molecule has 0 radical (unpaired) electrons. The summed E-state index contributed by atoms with van der Waals surface area (Å²) >= 11 is 0. The summed E-state index contributed by atoms with van der Waals surface area (Å²) in [4.78, 5) is 31.9. The number of carbonyl (C=O) groups is 1. The van der Waals surface area contributed by atoms with E-state index < -0.39 is 11.7 Å². The predicted molar refractivity (Wildman–Crippen MR) is 116 cm³/mol. The molecule has 2 atom stereocenters. The van der Waals surface area contributed by atoms with Crippen molar-refractivity contribution in [2.75, 3.05) is 37.7 Å². The summed E-state index contributed by atoms with van der Waals surface area (Å²) in [6.07, 6.45) is -0.747. The second kappa shape index (κ2) is 10.00. The second-order valence-electron chi connectivity index (χ2n) is 8.43. The third kappa shape index (κ3) is 5.66. The number of anilines is 1. The Morgan fingerprint density at radius 2 is 1.91 bits per heavy atom. The van der Waals surface area contributed by atoms with E-state index in [1.807, 2.05) is 4.90 Å². The van der Waals surface area contributed by atoms with Gasteiger partial charge in [0.1, 0.15) is 18.2 Å². The number of carbonyl (C=O) groups excluding carboxylic acids is 1. The lowest BCUT2D eigenvalue weighted by molar-refractivity contribution is -0.138. The van der Waals surface area contributed by atoms with E-state index in [2.05, 4.69) is 15.2 Å². The first kappa shape index (κ1) is 24.0. The maximum Gasteiger partial charge on any atom is 0.417 e. The van der Waals surface area contributed by atoms with Crippen LogP contribution in [0.15, 0.2) is 29.3 Å². The molecule has 0 spiro atoms. The first-order valence-electron chi connectivity index (χ1n) is 11.1. The number of nitrogens with one attached hydrogen (secondary N) is 1. The predicted octanol–water partition coefficient (Wildman–Crippen LogP) is 2.16. The first-order chi connectivity index (χ1) is 16.2. The van der Waals surface area contributed by atoms with Crippen LogP contribution < -0.4 is 15.2 Å². The van der Waals surface area contributed by atoms with Crippen LogP contribution in [0.3, 0.4) is 0 Å². The van der Waals surface area contributed by atoms with Gasteiger partial charge in [0, 0.05) is 32.4 Å². The van der Waals surface area contributed by atoms with E-state index in [0.29, 0.717) is 43.3 Å². The molecule has 184 valence electrons. The van der Waals surface area contributed by atoms with Crippen molar-refractivity contribution in [3.63, 3.8) is 0 Å². The molecule has 34 heavy (non-hydrogen) atoms. The molecule has 0 unspecified atom stereocenters. The number of pyridine rings is 1. The molecule has 2 saturated heterocycles. The topological polar surface area (TPSA) is 101 Å². The number of nitrogens with zero attached hydrogens (tertiary/aromatic N) is 4. The summed E-state index contributed by atoms with van der Waals surface area (Å²) in [5.74, 6) is 0.862. The van der Waals surface area contributed by atoms with E-state index in [1.165, 1.54) is 12.3 Å². The molecule has 0 aromatic carbocycles. The number of piperazine rings is 1. The van der Waals surface area contributed by atoms with Gasteiger partial charge in [0.25, 0.3) is 5.56 Å². The van der Waals surface area contributed by atoms with E-state index in [4.69, 9.17) is 9.47 Å². The zero-order chi connectivity index (χ0) is 24.3. The fraction of sp³-hybridized carbons (Fsp3) is 0.545. The van der Waals surface area contributed by atoms with Crippen molar-refractivity contribution in [1.82, 2.24) is 20.1 Å². The van der Waals surface area contributed by atoms with Crippen molar-refractivity contribution in [1.29, 1.82) is 0 Å². The summed E-state index contributed by atoms with van der Waals surface area (Å²) in [5.41, 5.74) is -0.637. The maximum absolute atomic E-state index is 12.7. The molecule has 1 N–H and O–H groups in total. The van der Waals surface area contributed by atoms with Crippen LogP contribution in [-0.4, -0.2) is 71.0 Å². The molecule has 1 amide bonds. The summed E-state index contributed by atoms with van der Waals surface area (Å²) in [6.45, 7) is 3.85. The van der Waals surface area contributed by atoms with Gasteiger partial charge in [-0.15, -0.1) is 0 Å². The second-order valence-corrected chi connectivity index (χ2v) is 8.43. The minimum atomic E-state index is -4.42. The number of rotatable bonds is 6. The molecule has 0 saturated carbocycles. The third-order valence-corrected chi connectivity index (χ3v) is 6.11. The lowest BCUT2D eigenvalue weighted by atomic mass is 10.1. The third-order valence-electron chi connectivity index (χ3n) is 6.11. The van der Waals surface area contributed by atoms with E-state index in [9.17, 15) is 22.8 Å². The Morgan fingerprint density at radius 1 is 1.18 bits per heavy atom. The van der Waals surface area contributed by atoms with Crippen LogP contribution in [-0.2, 0) is 15.7 Å². The quantitative estimate of drug-likeness (QED) is 0.675. The van der Waals surface area contributed by atoms with Crippen molar-refractivity contribution in [2.24, 2.45) is 0 Å². The highest BCUT2D eigenvalue weighted by atomic mass is 19.4. The van der Waals surface area contributed by atoms with Gasteiger partial charge in [-0.1, -0.05) is 0 Å². The Kier molecular flexibility index (Phi) is 7.05. The van der Waals surface area contributed by atoms with Crippen LogP contribution in [0.4, 0.5) is 19.0 Å². The number of H-pyrrole nitrogens is 1. The first-order valence-corrected chi connectivity index (χ1v) is 11.1. The zero-order valence-electron chi connectivity index (χ0n) is 18.7. The molecule has 2 aromatic heterocycles. The van der Waals surface area contributed by atoms with Gasteiger partial charge in [-0.05, 0) is 31.9 Å². The molecule has 2 aliphatic heterocycles. The summed E-state index contributed by atoms with van der Waals surface area (Å²) in [5, 5.41) is 6.07. The summed E-state index contributed by atoms with van der Waals surface area (Å²) < 4.78 is 49.8. The van der Waals surface area contributed by atoms with Crippen LogP contribution in [0.1, 0.15) is 30.4 Å². The van der Waals surface area contributed by atoms with Crippen molar-refractivity contribution < 1.29 is 27.4 Å². The van der Waals surface area contributed by atoms with Gasteiger partial charge in [0.2, 0.25) is 5.91 Å². The number of ether oxygens (including phenoxy) is 2. The van der Waals surface area contributed by atoms with E-state index in [-0.39, 0.29) is 36.7 Å². The lowest BCUT2D eigenvalue weighted by Crippen LogP contribution is -2.49. The fourth-order valence-corrected chi connectivity index (χ4v) is 4.07. The van der Waals surface area contributed by atoms with Gasteiger partial charge in [-0.2, -0.15) is 18.3 Å². The highest BCUT2D eigenvalue weighted by Crippen LogP contribution is 2.29. The largest absolute Gasteiger partial charge is 0.489 e. The Hall–Kier alpha value is -3.15. The van der Waals surface area contributed by atoms with Gasteiger partial charge < -0.3 is 19.3 Å². The molecule has 12 heteroatoms. The maximum atomic E-state index is 12.7. The van der Waals surface area contributed by atoms with Crippen LogP contribution in [0.25, 0.3) is 0 Å². The highest BCUT2D eigenvalue weighted by Gasteiger charge is 2.32. The molecule has 0 bridgehead atoms. The standard InChI is InChI=1S/C22H26F3N5O4/c1-14-18(12-27-28-21(14)32)33-13-17-4-3-16(34-17)10-20(31)30-8-6-29(7-9-30)19-5-2-15(11-26-19)22(23,24)25/h2,5,11-12,16-17H,3-4,6-10,13H2,1H3,(H,28,32)/t16-,17-/m1/s1. The molecule has 9 nitrogen and oxygen atoms in total. The van der Waals surface area contributed by atoms with Crippen molar-refractivity contribution in [2.45, 2.75) is 44.6 Å². The summed E-state index contributed by atoms with van der Waals surface area (Å²) in [7, 11) is 0. The zero-order valence-corrected chi connectivity index (χ0v) is 18.7. The minimum Gasteiger partial charge on any atom is -0.489 e. The SMILES string of the molecule is Cc1c(OC[C@H]2CC[C@H](CC(=O)N3CCN(c4ccc(C(F)(F)F)cn4)CC3)O2)cn[nH]c1=O. The lowest BCUT2D eigenvalue weighted by Gasteiger charge is -2.36. The molecular formula is C22H26F3N5O4. The van der Waals surface area contributed by atoms with Gasteiger partial charge in [-0.25, -0.2) is 10.1 Å². The monoisotopic (exact) mass is 481 g/mol. The molecule has 4 heterocycles.